The molecular weight excluding hydrogens is 246 g/mol. The summed E-state index contributed by atoms with van der Waals surface area (Å²) in [5.41, 5.74) is 0. The van der Waals surface area contributed by atoms with E-state index in [9.17, 15) is 4.79 Å². The Morgan fingerprint density at radius 1 is 1.58 bits per heavy atom. The first kappa shape index (κ1) is 14.7. The maximum atomic E-state index is 12.0. The number of methoxy groups -OCH3 is 1. The monoisotopic (exact) mass is 271 g/mol. The SMILES string of the molecule is COCCN1CCCC1CNC(=O)C1COCCN1. The lowest BCUT2D eigenvalue weighted by Gasteiger charge is -2.27. The molecule has 2 rings (SSSR count). The van der Waals surface area contributed by atoms with Crippen LogP contribution in [-0.2, 0) is 14.3 Å². The third-order valence-corrected chi connectivity index (χ3v) is 3.83. The van der Waals surface area contributed by atoms with E-state index in [0.29, 0.717) is 19.3 Å². The third kappa shape index (κ3) is 4.42. The van der Waals surface area contributed by atoms with Crippen LogP contribution in [0.3, 0.4) is 0 Å². The van der Waals surface area contributed by atoms with Crippen molar-refractivity contribution in [3.63, 3.8) is 0 Å². The van der Waals surface area contributed by atoms with Gasteiger partial charge in [0.2, 0.25) is 5.91 Å². The lowest BCUT2D eigenvalue weighted by atomic mass is 10.2. The van der Waals surface area contributed by atoms with Gasteiger partial charge in [-0.3, -0.25) is 9.69 Å². The van der Waals surface area contributed by atoms with Crippen molar-refractivity contribution < 1.29 is 14.3 Å². The van der Waals surface area contributed by atoms with Crippen molar-refractivity contribution in [3.8, 4) is 0 Å². The Hall–Kier alpha value is -0.690. The number of ether oxygens (including phenoxy) is 2. The van der Waals surface area contributed by atoms with Crippen molar-refractivity contribution >= 4 is 5.91 Å². The third-order valence-electron chi connectivity index (χ3n) is 3.83. The Bertz CT molecular complexity index is 282. The van der Waals surface area contributed by atoms with E-state index in [2.05, 4.69) is 15.5 Å². The minimum atomic E-state index is -0.192. The summed E-state index contributed by atoms with van der Waals surface area (Å²) in [6.07, 6.45) is 2.35. The second kappa shape index (κ2) is 7.79. The number of nitrogens with one attached hydrogen (secondary N) is 2. The van der Waals surface area contributed by atoms with E-state index >= 15 is 0 Å². The molecule has 2 aliphatic heterocycles. The van der Waals surface area contributed by atoms with Gasteiger partial charge in [-0.1, -0.05) is 0 Å². The Morgan fingerprint density at radius 3 is 3.21 bits per heavy atom. The molecule has 19 heavy (non-hydrogen) atoms. The number of hydrogen-bond acceptors (Lipinski definition) is 5. The number of likely N-dealkylation sites (tertiary alicyclic amines) is 1. The number of amides is 1. The van der Waals surface area contributed by atoms with E-state index in [1.807, 2.05) is 0 Å². The zero-order chi connectivity index (χ0) is 13.5. The first-order valence-corrected chi connectivity index (χ1v) is 7.13. The van der Waals surface area contributed by atoms with Gasteiger partial charge < -0.3 is 20.1 Å². The summed E-state index contributed by atoms with van der Waals surface area (Å²) in [7, 11) is 1.72. The molecule has 0 aliphatic carbocycles. The zero-order valence-corrected chi connectivity index (χ0v) is 11.7. The van der Waals surface area contributed by atoms with Crippen LogP contribution >= 0.6 is 0 Å². The molecule has 0 aromatic heterocycles. The number of carbonyl (C=O) groups excluding carboxylic acids is 1. The molecule has 2 saturated heterocycles. The van der Waals surface area contributed by atoms with E-state index < -0.39 is 0 Å². The number of carbonyl (C=O) groups is 1. The molecule has 0 aromatic rings. The van der Waals surface area contributed by atoms with Gasteiger partial charge in [0.1, 0.15) is 6.04 Å². The summed E-state index contributed by atoms with van der Waals surface area (Å²) in [5.74, 6) is 0.0540. The van der Waals surface area contributed by atoms with Crippen molar-refractivity contribution in [3.05, 3.63) is 0 Å². The van der Waals surface area contributed by atoms with E-state index in [1.165, 1.54) is 6.42 Å². The van der Waals surface area contributed by atoms with Gasteiger partial charge >= 0.3 is 0 Å². The standard InChI is InChI=1S/C13H25N3O3/c1-18-8-6-16-5-2-3-11(16)9-15-13(17)12-10-19-7-4-14-12/h11-12,14H,2-10H2,1H3,(H,15,17). The molecular formula is C13H25N3O3. The predicted octanol–water partition coefficient (Wildman–Crippen LogP) is -0.798. The minimum Gasteiger partial charge on any atom is -0.383 e. The molecule has 6 heteroatoms. The number of morpholine rings is 1. The topological polar surface area (TPSA) is 62.8 Å². The molecule has 0 aromatic carbocycles. The highest BCUT2D eigenvalue weighted by Crippen LogP contribution is 2.15. The number of nitrogens with zero attached hydrogens (tertiary/aromatic N) is 1. The highest BCUT2D eigenvalue weighted by Gasteiger charge is 2.26. The van der Waals surface area contributed by atoms with Crippen molar-refractivity contribution in [1.29, 1.82) is 0 Å². The second-order valence-corrected chi connectivity index (χ2v) is 5.15. The molecule has 110 valence electrons. The van der Waals surface area contributed by atoms with Crippen molar-refractivity contribution in [2.75, 3.05) is 53.1 Å². The lowest BCUT2D eigenvalue weighted by Crippen LogP contribution is -2.53. The van der Waals surface area contributed by atoms with Crippen LogP contribution in [0.25, 0.3) is 0 Å². The zero-order valence-electron chi connectivity index (χ0n) is 11.7. The van der Waals surface area contributed by atoms with E-state index in [4.69, 9.17) is 9.47 Å². The van der Waals surface area contributed by atoms with Crippen LogP contribution in [0.4, 0.5) is 0 Å². The highest BCUT2D eigenvalue weighted by molar-refractivity contribution is 5.82. The average Bonchev–Trinajstić information content (AvgIpc) is 2.91. The smallest absolute Gasteiger partial charge is 0.239 e. The second-order valence-electron chi connectivity index (χ2n) is 5.15. The van der Waals surface area contributed by atoms with Crippen LogP contribution in [0.1, 0.15) is 12.8 Å². The van der Waals surface area contributed by atoms with Crippen molar-refractivity contribution in [2.24, 2.45) is 0 Å². The summed E-state index contributed by atoms with van der Waals surface area (Å²) >= 11 is 0. The van der Waals surface area contributed by atoms with Crippen molar-refractivity contribution in [1.82, 2.24) is 15.5 Å². The Morgan fingerprint density at radius 2 is 2.47 bits per heavy atom. The van der Waals surface area contributed by atoms with Gasteiger partial charge in [0.05, 0.1) is 19.8 Å². The normalized spacial score (nSPS) is 28.5. The summed E-state index contributed by atoms with van der Waals surface area (Å²) in [5, 5.41) is 6.21. The maximum Gasteiger partial charge on any atom is 0.239 e. The van der Waals surface area contributed by atoms with E-state index in [-0.39, 0.29) is 11.9 Å². The molecule has 2 fully saturated rings. The average molecular weight is 271 g/mol. The van der Waals surface area contributed by atoms with Gasteiger partial charge in [0.15, 0.2) is 0 Å². The maximum absolute atomic E-state index is 12.0. The Labute approximate surface area is 114 Å². The van der Waals surface area contributed by atoms with Gasteiger partial charge in [-0.15, -0.1) is 0 Å². The largest absolute Gasteiger partial charge is 0.383 e. The van der Waals surface area contributed by atoms with E-state index in [1.54, 1.807) is 7.11 Å². The Kier molecular flexibility index (Phi) is 6.03. The number of rotatable bonds is 6. The first-order valence-electron chi connectivity index (χ1n) is 7.13. The fourth-order valence-electron chi connectivity index (χ4n) is 2.70. The molecule has 0 saturated carbocycles. The van der Waals surface area contributed by atoms with E-state index in [0.717, 1.165) is 39.2 Å². The van der Waals surface area contributed by atoms with Crippen LogP contribution < -0.4 is 10.6 Å². The molecule has 6 nitrogen and oxygen atoms in total. The molecule has 1 amide bonds. The molecule has 2 unspecified atom stereocenters. The summed E-state index contributed by atoms with van der Waals surface area (Å²) in [6.45, 7) is 5.45. The molecule has 2 aliphatic rings. The Balaban J connectivity index is 1.69. The minimum absolute atomic E-state index is 0.0540. The fourth-order valence-corrected chi connectivity index (χ4v) is 2.70. The highest BCUT2D eigenvalue weighted by atomic mass is 16.5. The van der Waals surface area contributed by atoms with Gasteiger partial charge in [-0.05, 0) is 19.4 Å². The van der Waals surface area contributed by atoms with Gasteiger partial charge in [-0.2, -0.15) is 0 Å². The molecule has 2 N–H and O–H groups in total. The van der Waals surface area contributed by atoms with Crippen LogP contribution in [0, 0.1) is 0 Å². The van der Waals surface area contributed by atoms with Gasteiger partial charge in [0.25, 0.3) is 0 Å². The molecule has 2 atom stereocenters. The summed E-state index contributed by atoms with van der Waals surface area (Å²) in [4.78, 5) is 14.4. The summed E-state index contributed by atoms with van der Waals surface area (Å²) < 4.78 is 10.4. The molecule has 0 bridgehead atoms. The fraction of sp³-hybridized carbons (Fsp3) is 0.923. The summed E-state index contributed by atoms with van der Waals surface area (Å²) in [6, 6.07) is 0.256. The molecule has 0 radical (unpaired) electrons. The molecule has 2 heterocycles. The quantitative estimate of drug-likeness (QED) is 0.662. The van der Waals surface area contributed by atoms with Crippen LogP contribution in [0.15, 0.2) is 0 Å². The van der Waals surface area contributed by atoms with Gasteiger partial charge in [-0.25, -0.2) is 0 Å². The van der Waals surface area contributed by atoms with Crippen LogP contribution in [-0.4, -0.2) is 76.0 Å². The first-order chi connectivity index (χ1) is 9.31. The number of hydrogen-bond donors (Lipinski definition) is 2. The van der Waals surface area contributed by atoms with Crippen LogP contribution in [0.2, 0.25) is 0 Å². The van der Waals surface area contributed by atoms with Crippen LogP contribution in [0.5, 0.6) is 0 Å². The van der Waals surface area contributed by atoms with Crippen molar-refractivity contribution in [2.45, 2.75) is 24.9 Å². The molecule has 0 spiro atoms. The van der Waals surface area contributed by atoms with Gasteiger partial charge in [0, 0.05) is 32.8 Å². The predicted molar refractivity (Wildman–Crippen MR) is 72.1 cm³/mol. The lowest BCUT2D eigenvalue weighted by molar-refractivity contribution is -0.126.